The van der Waals surface area contributed by atoms with Crippen LogP contribution in [-0.2, 0) is 0 Å². The topological polar surface area (TPSA) is 51.1 Å². The molecule has 0 aliphatic carbocycles. The normalized spacial score (nSPS) is 20.5. The maximum atomic E-state index is 5.95. The molecule has 1 saturated heterocycles. The largest absolute Gasteiger partial charge is 0.461 e. The molecule has 1 aromatic rings. The van der Waals surface area contributed by atoms with Crippen LogP contribution in [0.1, 0.15) is 40.0 Å². The Morgan fingerprint density at radius 3 is 2.74 bits per heavy atom. The first-order chi connectivity index (χ1) is 9.04. The van der Waals surface area contributed by atoms with Gasteiger partial charge in [-0.2, -0.15) is 15.0 Å². The van der Waals surface area contributed by atoms with E-state index in [9.17, 15) is 0 Å². The van der Waals surface area contributed by atoms with Crippen molar-refractivity contribution in [3.05, 3.63) is 5.28 Å². The second kappa shape index (κ2) is 6.37. The average Bonchev–Trinajstić information content (AvgIpc) is 2.52. The Morgan fingerprint density at radius 2 is 2.00 bits per heavy atom. The summed E-state index contributed by atoms with van der Waals surface area (Å²) in [6, 6.07) is 0.308. The molecule has 0 bridgehead atoms. The number of anilines is 1. The van der Waals surface area contributed by atoms with Crippen LogP contribution in [0.5, 0.6) is 6.01 Å². The van der Waals surface area contributed by atoms with Gasteiger partial charge in [0.2, 0.25) is 11.2 Å². The van der Waals surface area contributed by atoms with Gasteiger partial charge < -0.3 is 9.64 Å². The van der Waals surface area contributed by atoms with Crippen LogP contribution in [0, 0.1) is 5.92 Å². The third kappa shape index (κ3) is 4.20. The minimum Gasteiger partial charge on any atom is -0.461 e. The summed E-state index contributed by atoms with van der Waals surface area (Å²) in [4.78, 5) is 14.8. The summed E-state index contributed by atoms with van der Waals surface area (Å²) in [7, 11) is 0. The van der Waals surface area contributed by atoms with Gasteiger partial charge >= 0.3 is 6.01 Å². The predicted molar refractivity (Wildman–Crippen MR) is 75.8 cm³/mol. The van der Waals surface area contributed by atoms with Crippen molar-refractivity contribution in [1.82, 2.24) is 15.0 Å². The number of rotatable bonds is 3. The van der Waals surface area contributed by atoms with E-state index < -0.39 is 0 Å². The SMILES string of the molecule is CC1CCCN(c2nc(Cl)nc(OC(C)C)n2)CC1. The molecule has 0 spiro atoms. The zero-order valence-electron chi connectivity index (χ0n) is 11.8. The van der Waals surface area contributed by atoms with Gasteiger partial charge in [0.05, 0.1) is 6.10 Å². The molecular weight excluding hydrogens is 264 g/mol. The zero-order valence-corrected chi connectivity index (χ0v) is 12.5. The molecule has 2 heterocycles. The molecule has 19 heavy (non-hydrogen) atoms. The lowest BCUT2D eigenvalue weighted by Gasteiger charge is -2.20. The summed E-state index contributed by atoms with van der Waals surface area (Å²) in [6.07, 6.45) is 3.59. The van der Waals surface area contributed by atoms with Crippen molar-refractivity contribution in [3.8, 4) is 6.01 Å². The highest BCUT2D eigenvalue weighted by atomic mass is 35.5. The Balaban J connectivity index is 2.16. The minimum atomic E-state index is 0.0236. The van der Waals surface area contributed by atoms with Crippen LogP contribution < -0.4 is 9.64 Å². The number of aromatic nitrogens is 3. The molecule has 2 rings (SSSR count). The monoisotopic (exact) mass is 284 g/mol. The Bertz CT molecular complexity index is 427. The Kier molecular flexibility index (Phi) is 4.80. The summed E-state index contributed by atoms with van der Waals surface area (Å²) in [5, 5.41) is 0.193. The van der Waals surface area contributed by atoms with E-state index in [1.807, 2.05) is 13.8 Å². The fourth-order valence-corrected chi connectivity index (χ4v) is 2.34. The summed E-state index contributed by atoms with van der Waals surface area (Å²) in [5.41, 5.74) is 0. The minimum absolute atomic E-state index is 0.0236. The standard InChI is InChI=1S/C13H21ClN4O/c1-9(2)19-13-16-11(14)15-12(17-13)18-7-4-5-10(3)6-8-18/h9-10H,4-8H2,1-3H3. The summed E-state index contributed by atoms with van der Waals surface area (Å²) >= 11 is 5.95. The van der Waals surface area contributed by atoms with Crippen LogP contribution in [0.3, 0.4) is 0 Å². The lowest BCUT2D eigenvalue weighted by molar-refractivity contribution is 0.221. The zero-order chi connectivity index (χ0) is 13.8. The van der Waals surface area contributed by atoms with Crippen molar-refractivity contribution in [3.63, 3.8) is 0 Å². The summed E-state index contributed by atoms with van der Waals surface area (Å²) < 4.78 is 5.51. The molecule has 1 aliphatic heterocycles. The third-order valence-corrected chi connectivity index (χ3v) is 3.39. The predicted octanol–water partition coefficient (Wildman–Crippen LogP) is 2.94. The highest BCUT2D eigenvalue weighted by Crippen LogP contribution is 2.22. The summed E-state index contributed by atoms with van der Waals surface area (Å²) in [5.74, 6) is 1.39. The molecule has 0 saturated carbocycles. The molecule has 1 aliphatic rings. The second-order valence-corrected chi connectivity index (χ2v) is 5.71. The Labute approximate surface area is 119 Å². The fraction of sp³-hybridized carbons (Fsp3) is 0.769. The molecule has 0 amide bonds. The Morgan fingerprint density at radius 1 is 1.21 bits per heavy atom. The van der Waals surface area contributed by atoms with Gasteiger partial charge in [-0.1, -0.05) is 6.92 Å². The second-order valence-electron chi connectivity index (χ2n) is 5.38. The van der Waals surface area contributed by atoms with Crippen LogP contribution in [0.15, 0.2) is 0 Å². The van der Waals surface area contributed by atoms with E-state index in [-0.39, 0.29) is 11.4 Å². The number of halogens is 1. The van der Waals surface area contributed by atoms with E-state index in [1.54, 1.807) is 0 Å². The maximum Gasteiger partial charge on any atom is 0.322 e. The van der Waals surface area contributed by atoms with Gasteiger partial charge in [-0.15, -0.1) is 0 Å². The van der Waals surface area contributed by atoms with Crippen molar-refractivity contribution < 1.29 is 4.74 Å². The van der Waals surface area contributed by atoms with Crippen LogP contribution >= 0.6 is 11.6 Å². The molecule has 1 fully saturated rings. The first-order valence-electron chi connectivity index (χ1n) is 6.88. The van der Waals surface area contributed by atoms with Gasteiger partial charge in [0.25, 0.3) is 0 Å². The van der Waals surface area contributed by atoms with Crippen LogP contribution in [0.2, 0.25) is 5.28 Å². The van der Waals surface area contributed by atoms with Crippen LogP contribution in [0.25, 0.3) is 0 Å². The highest BCUT2D eigenvalue weighted by molar-refractivity contribution is 6.28. The van der Waals surface area contributed by atoms with E-state index in [1.165, 1.54) is 6.42 Å². The number of nitrogens with zero attached hydrogens (tertiary/aromatic N) is 4. The number of ether oxygens (including phenoxy) is 1. The fourth-order valence-electron chi connectivity index (χ4n) is 2.19. The number of hydrogen-bond acceptors (Lipinski definition) is 5. The average molecular weight is 285 g/mol. The lowest BCUT2D eigenvalue weighted by Crippen LogP contribution is -2.27. The highest BCUT2D eigenvalue weighted by Gasteiger charge is 2.18. The molecular formula is C13H21ClN4O. The molecule has 0 N–H and O–H groups in total. The van der Waals surface area contributed by atoms with Crippen molar-refractivity contribution >= 4 is 17.5 Å². The molecule has 1 unspecified atom stereocenters. The van der Waals surface area contributed by atoms with Gasteiger partial charge in [0, 0.05) is 13.1 Å². The van der Waals surface area contributed by atoms with E-state index >= 15 is 0 Å². The quantitative estimate of drug-likeness (QED) is 0.854. The molecule has 1 atom stereocenters. The molecule has 1 aromatic heterocycles. The third-order valence-electron chi connectivity index (χ3n) is 3.22. The van der Waals surface area contributed by atoms with E-state index in [4.69, 9.17) is 16.3 Å². The van der Waals surface area contributed by atoms with Gasteiger partial charge in [0.1, 0.15) is 0 Å². The summed E-state index contributed by atoms with van der Waals surface area (Å²) in [6.45, 7) is 8.08. The molecule has 0 aromatic carbocycles. The van der Waals surface area contributed by atoms with Crippen molar-refractivity contribution in [1.29, 1.82) is 0 Å². The van der Waals surface area contributed by atoms with Crippen molar-refractivity contribution in [2.75, 3.05) is 18.0 Å². The van der Waals surface area contributed by atoms with Gasteiger partial charge in [-0.3, -0.25) is 0 Å². The van der Waals surface area contributed by atoms with Gasteiger partial charge in [-0.05, 0) is 50.6 Å². The maximum absolute atomic E-state index is 5.95. The van der Waals surface area contributed by atoms with Gasteiger partial charge in [-0.25, -0.2) is 0 Å². The number of hydrogen-bond donors (Lipinski definition) is 0. The van der Waals surface area contributed by atoms with E-state index in [2.05, 4.69) is 26.8 Å². The first-order valence-corrected chi connectivity index (χ1v) is 7.25. The van der Waals surface area contributed by atoms with Crippen LogP contribution in [-0.4, -0.2) is 34.1 Å². The molecule has 6 heteroatoms. The van der Waals surface area contributed by atoms with Gasteiger partial charge in [0.15, 0.2) is 0 Å². The lowest BCUT2D eigenvalue weighted by atomic mass is 10.0. The first kappa shape index (κ1) is 14.3. The molecule has 5 nitrogen and oxygen atoms in total. The smallest absolute Gasteiger partial charge is 0.322 e. The van der Waals surface area contributed by atoms with Crippen molar-refractivity contribution in [2.24, 2.45) is 5.92 Å². The van der Waals surface area contributed by atoms with E-state index in [0.29, 0.717) is 12.0 Å². The molecule has 0 radical (unpaired) electrons. The van der Waals surface area contributed by atoms with E-state index in [0.717, 1.165) is 31.8 Å². The Hall–Kier alpha value is -1.10. The van der Waals surface area contributed by atoms with Crippen LogP contribution in [0.4, 0.5) is 5.95 Å². The van der Waals surface area contributed by atoms with Crippen molar-refractivity contribution in [2.45, 2.75) is 46.1 Å². The molecule has 106 valence electrons.